The van der Waals surface area contributed by atoms with Gasteiger partial charge in [0.25, 0.3) is 0 Å². The lowest BCUT2D eigenvalue weighted by Crippen LogP contribution is -2.40. The van der Waals surface area contributed by atoms with Gasteiger partial charge < -0.3 is 0 Å². The van der Waals surface area contributed by atoms with Crippen LogP contribution in [0.25, 0.3) is 0 Å². The number of fused-ring (bicyclic) bond motifs is 4. The second-order valence-corrected chi connectivity index (χ2v) is 10.5. The molecule has 2 fully saturated rings. The van der Waals surface area contributed by atoms with Crippen LogP contribution in [-0.2, 0) is 15.8 Å². The molecule has 2 saturated carbocycles. The molecule has 0 aromatic heterocycles. The second-order valence-electron chi connectivity index (χ2n) is 9.44. The molecule has 0 amide bonds. The van der Waals surface area contributed by atoms with Gasteiger partial charge in [0.15, 0.2) is 5.78 Å². The molecule has 1 aromatic rings. The van der Waals surface area contributed by atoms with Gasteiger partial charge in [-0.2, -0.15) is 0 Å². The second kappa shape index (κ2) is 8.31. The first-order chi connectivity index (χ1) is 13.9. The number of benzene rings is 1. The van der Waals surface area contributed by atoms with E-state index in [-0.39, 0.29) is 0 Å². The van der Waals surface area contributed by atoms with E-state index < -0.39 is 11.0 Å². The van der Waals surface area contributed by atoms with Crippen LogP contribution >= 0.6 is 0 Å². The number of carbonyl (C=O) groups excluding carboxylic acids is 1. The van der Waals surface area contributed by atoms with Crippen LogP contribution in [0.15, 0.2) is 52.0 Å². The average Bonchev–Trinajstić information content (AvgIpc) is 3.17. The van der Waals surface area contributed by atoms with Crippen LogP contribution in [0.3, 0.4) is 0 Å². The Balaban J connectivity index is 0.000000174. The zero-order chi connectivity index (χ0) is 20.6. The van der Waals surface area contributed by atoms with Gasteiger partial charge >= 0.3 is 0 Å². The largest absolute Gasteiger partial charge is 0.295 e. The molecule has 4 aliphatic carbocycles. The van der Waals surface area contributed by atoms with Crippen LogP contribution in [0.5, 0.6) is 0 Å². The molecule has 4 heteroatoms. The summed E-state index contributed by atoms with van der Waals surface area (Å²) < 4.78 is 10.6. The molecule has 2 N–H and O–H groups in total. The van der Waals surface area contributed by atoms with Crippen molar-refractivity contribution in [2.24, 2.45) is 22.4 Å². The number of allylic oxidation sites excluding steroid dienone is 4. The van der Waals surface area contributed by atoms with E-state index in [1.54, 1.807) is 12.1 Å². The van der Waals surface area contributed by atoms with E-state index in [4.69, 9.17) is 5.14 Å². The summed E-state index contributed by atoms with van der Waals surface area (Å²) in [5, 5.41) is 5.14. The molecule has 0 bridgehead atoms. The molecular formula is C25H33NO2S. The Kier molecular flexibility index (Phi) is 5.94. The third kappa shape index (κ3) is 4.06. The molecule has 4 aliphatic rings. The quantitative estimate of drug-likeness (QED) is 0.615. The van der Waals surface area contributed by atoms with E-state index in [2.05, 4.69) is 6.92 Å². The topological polar surface area (TPSA) is 60.2 Å². The maximum Gasteiger partial charge on any atom is 0.155 e. The summed E-state index contributed by atoms with van der Waals surface area (Å²) in [6.45, 7) is 4.49. The summed E-state index contributed by atoms with van der Waals surface area (Å²) >= 11 is 0. The minimum absolute atomic E-state index is 0.375. The van der Waals surface area contributed by atoms with Gasteiger partial charge in [-0.15, -0.1) is 0 Å². The highest BCUT2D eigenvalue weighted by Crippen LogP contribution is 2.60. The lowest BCUT2D eigenvalue weighted by molar-refractivity contribution is -0.115. The molecule has 4 atom stereocenters. The molecule has 5 rings (SSSR count). The summed E-state index contributed by atoms with van der Waals surface area (Å²) in [5.74, 6) is 1.99. The van der Waals surface area contributed by atoms with Crippen LogP contribution in [0.2, 0.25) is 0 Å². The highest BCUT2D eigenvalue weighted by Gasteiger charge is 2.48. The summed E-state index contributed by atoms with van der Waals surface area (Å²) in [6, 6.07) is 7.32. The van der Waals surface area contributed by atoms with Gasteiger partial charge in [-0.1, -0.05) is 41.3 Å². The fourth-order valence-corrected chi connectivity index (χ4v) is 6.63. The molecule has 3 nitrogen and oxygen atoms in total. The van der Waals surface area contributed by atoms with E-state index in [9.17, 15) is 9.00 Å². The molecule has 0 saturated heterocycles. The molecule has 0 heterocycles. The summed E-state index contributed by atoms with van der Waals surface area (Å²) in [6.07, 6.45) is 13.3. The number of rotatable bonds is 1. The molecule has 1 aromatic carbocycles. The van der Waals surface area contributed by atoms with Crippen molar-refractivity contribution in [3.8, 4) is 0 Å². The van der Waals surface area contributed by atoms with Crippen molar-refractivity contribution in [3.63, 3.8) is 0 Å². The zero-order valence-corrected chi connectivity index (χ0v) is 18.5. The lowest BCUT2D eigenvalue weighted by atomic mass is 9.54. The van der Waals surface area contributed by atoms with E-state index >= 15 is 0 Å². The normalized spacial score (nSPS) is 31.7. The lowest BCUT2D eigenvalue weighted by Gasteiger charge is -2.50. The summed E-state index contributed by atoms with van der Waals surface area (Å²) in [5.41, 5.74) is 6.72. The predicted molar refractivity (Wildman–Crippen MR) is 119 cm³/mol. The van der Waals surface area contributed by atoms with E-state index in [0.717, 1.165) is 30.7 Å². The first kappa shape index (κ1) is 20.7. The average molecular weight is 412 g/mol. The maximum absolute atomic E-state index is 11.7. The van der Waals surface area contributed by atoms with Crippen LogP contribution in [0, 0.1) is 24.2 Å². The third-order valence-electron chi connectivity index (χ3n) is 7.74. The first-order valence-corrected chi connectivity index (χ1v) is 12.3. The van der Waals surface area contributed by atoms with Crippen molar-refractivity contribution in [3.05, 3.63) is 52.6 Å². The minimum Gasteiger partial charge on any atom is -0.295 e. The van der Waals surface area contributed by atoms with Gasteiger partial charge in [-0.3, -0.25) is 4.79 Å². The summed E-state index contributed by atoms with van der Waals surface area (Å²) in [7, 11) is -1.34. The number of carbonyl (C=O) groups is 1. The molecule has 0 radical (unpaired) electrons. The Hall–Kier alpha value is -1.52. The van der Waals surface area contributed by atoms with E-state index in [0.29, 0.717) is 22.0 Å². The van der Waals surface area contributed by atoms with E-state index in [1.807, 2.05) is 36.3 Å². The van der Waals surface area contributed by atoms with Crippen molar-refractivity contribution in [2.45, 2.75) is 76.5 Å². The molecule has 29 heavy (non-hydrogen) atoms. The van der Waals surface area contributed by atoms with Crippen molar-refractivity contribution in [2.75, 3.05) is 0 Å². The number of hydrogen-bond acceptors (Lipinski definition) is 2. The smallest absolute Gasteiger partial charge is 0.155 e. The SMILES string of the molecule is CC12CCC3CCCC3=C1CCC1=CC(=O)CCC12.Cc1ccc(S(N)=O)cc1. The van der Waals surface area contributed by atoms with Gasteiger partial charge in [0.1, 0.15) is 11.0 Å². The fourth-order valence-electron chi connectivity index (χ4n) is 6.22. The van der Waals surface area contributed by atoms with Crippen LogP contribution in [0.4, 0.5) is 0 Å². The molecule has 156 valence electrons. The standard InChI is InChI=1S/C18H24O.C7H9NOS/c1-18-10-9-12-3-2-4-15(12)17(18)7-5-13-11-14(19)6-8-16(13)18;1-6-2-4-7(5-3-6)10(8)9/h11-12,16H,2-10H2,1H3;2-5H,8H2,1H3. The monoisotopic (exact) mass is 411 g/mol. The number of ketones is 1. The molecular weight excluding hydrogens is 378 g/mol. The van der Waals surface area contributed by atoms with Crippen LogP contribution in [0.1, 0.15) is 70.3 Å². The Bertz CT molecular complexity index is 883. The minimum atomic E-state index is -1.34. The Morgan fingerprint density at radius 1 is 1.03 bits per heavy atom. The molecule has 4 unspecified atom stereocenters. The highest BCUT2D eigenvalue weighted by atomic mass is 32.2. The predicted octanol–water partition coefficient (Wildman–Crippen LogP) is 5.56. The van der Waals surface area contributed by atoms with Crippen LogP contribution < -0.4 is 5.14 Å². The Labute approximate surface area is 177 Å². The Morgan fingerprint density at radius 3 is 2.52 bits per heavy atom. The van der Waals surface area contributed by atoms with Gasteiger partial charge in [0.05, 0.1) is 4.90 Å². The highest BCUT2D eigenvalue weighted by molar-refractivity contribution is 7.82. The van der Waals surface area contributed by atoms with Crippen molar-refractivity contribution in [1.29, 1.82) is 0 Å². The summed E-state index contributed by atoms with van der Waals surface area (Å²) in [4.78, 5) is 12.3. The van der Waals surface area contributed by atoms with Gasteiger partial charge in [-0.25, -0.2) is 9.35 Å². The molecule has 0 spiro atoms. The van der Waals surface area contributed by atoms with Gasteiger partial charge in [0, 0.05) is 6.42 Å². The van der Waals surface area contributed by atoms with Gasteiger partial charge in [0.2, 0.25) is 0 Å². The van der Waals surface area contributed by atoms with Crippen LogP contribution in [-0.4, -0.2) is 9.99 Å². The van der Waals surface area contributed by atoms with Gasteiger partial charge in [-0.05, 0) is 93.7 Å². The first-order valence-electron chi connectivity index (χ1n) is 11.1. The van der Waals surface area contributed by atoms with Crippen molar-refractivity contribution >= 4 is 16.8 Å². The number of hydrogen-bond donors (Lipinski definition) is 1. The fraction of sp³-hybridized carbons (Fsp3) is 0.560. The number of aryl methyl sites for hydroxylation is 1. The maximum atomic E-state index is 11.7. The zero-order valence-electron chi connectivity index (χ0n) is 17.7. The molecule has 0 aliphatic heterocycles. The Morgan fingerprint density at radius 2 is 1.79 bits per heavy atom. The van der Waals surface area contributed by atoms with E-state index in [1.165, 1.54) is 44.1 Å². The van der Waals surface area contributed by atoms with Crippen molar-refractivity contribution < 1.29 is 9.00 Å². The van der Waals surface area contributed by atoms with Crippen molar-refractivity contribution in [1.82, 2.24) is 0 Å². The number of nitrogens with two attached hydrogens (primary N) is 1. The third-order valence-corrected chi connectivity index (χ3v) is 8.48.